The lowest BCUT2D eigenvalue weighted by Gasteiger charge is -2.32. The van der Waals surface area contributed by atoms with Crippen molar-refractivity contribution in [2.45, 2.75) is 6.04 Å². The van der Waals surface area contributed by atoms with Gasteiger partial charge in [-0.2, -0.15) is 0 Å². The third-order valence-corrected chi connectivity index (χ3v) is 3.35. The predicted octanol–water partition coefficient (Wildman–Crippen LogP) is 3.14. The van der Waals surface area contributed by atoms with Crippen LogP contribution in [0.15, 0.2) is 60.8 Å². The van der Waals surface area contributed by atoms with Gasteiger partial charge in [-0.1, -0.05) is 54.6 Å². The van der Waals surface area contributed by atoms with Crippen molar-refractivity contribution in [1.29, 1.82) is 0 Å². The van der Waals surface area contributed by atoms with Crippen molar-refractivity contribution >= 4 is 12.1 Å². The zero-order valence-corrected chi connectivity index (χ0v) is 10.4. The first-order valence-corrected chi connectivity index (χ1v) is 6.17. The van der Waals surface area contributed by atoms with Crippen molar-refractivity contribution < 1.29 is 4.79 Å². The van der Waals surface area contributed by atoms with Crippen LogP contribution in [0, 0.1) is 0 Å². The fourth-order valence-electron chi connectivity index (χ4n) is 2.48. The number of nitrogens with two attached hydrogens (primary N) is 1. The molecule has 0 bridgehead atoms. The van der Waals surface area contributed by atoms with Crippen molar-refractivity contribution in [3.8, 4) is 0 Å². The summed E-state index contributed by atoms with van der Waals surface area (Å²) in [5.41, 5.74) is 8.75. The third-order valence-electron chi connectivity index (χ3n) is 3.35. The van der Waals surface area contributed by atoms with E-state index >= 15 is 0 Å². The van der Waals surface area contributed by atoms with Crippen LogP contribution in [-0.4, -0.2) is 10.9 Å². The average Bonchev–Trinajstić information content (AvgIpc) is 2.46. The molecule has 2 N–H and O–H groups in total. The minimum absolute atomic E-state index is 0.153. The van der Waals surface area contributed by atoms with E-state index in [0.29, 0.717) is 0 Å². The van der Waals surface area contributed by atoms with Gasteiger partial charge < -0.3 is 5.73 Å². The van der Waals surface area contributed by atoms with Crippen LogP contribution in [-0.2, 0) is 0 Å². The standard InChI is InChI=1S/C16H14N2O/c17-16(19)18-11-10-12-6-4-5-9-14(12)15(18)13-7-2-1-3-8-13/h1-11,15H,(H2,17,19). The van der Waals surface area contributed by atoms with E-state index in [0.717, 1.165) is 16.7 Å². The van der Waals surface area contributed by atoms with Crippen LogP contribution in [0.1, 0.15) is 22.7 Å². The van der Waals surface area contributed by atoms with Crippen molar-refractivity contribution in [3.63, 3.8) is 0 Å². The number of nitrogens with zero attached hydrogens (tertiary/aromatic N) is 1. The molecule has 94 valence electrons. The molecule has 0 saturated heterocycles. The van der Waals surface area contributed by atoms with Crippen LogP contribution in [0.2, 0.25) is 0 Å². The number of fused-ring (bicyclic) bond motifs is 1. The fraction of sp³-hybridized carbons (Fsp3) is 0.0625. The summed E-state index contributed by atoms with van der Waals surface area (Å²) in [4.78, 5) is 13.2. The largest absolute Gasteiger partial charge is 0.351 e. The molecule has 1 unspecified atom stereocenters. The van der Waals surface area contributed by atoms with Crippen molar-refractivity contribution in [2.24, 2.45) is 5.73 Å². The smallest absolute Gasteiger partial charge is 0.319 e. The Kier molecular flexibility index (Phi) is 2.80. The molecule has 19 heavy (non-hydrogen) atoms. The summed E-state index contributed by atoms with van der Waals surface area (Å²) in [6, 6.07) is 17.4. The van der Waals surface area contributed by atoms with E-state index in [1.165, 1.54) is 0 Å². The van der Waals surface area contributed by atoms with Crippen LogP contribution >= 0.6 is 0 Å². The topological polar surface area (TPSA) is 46.3 Å². The Morgan fingerprint density at radius 1 is 1.00 bits per heavy atom. The lowest BCUT2D eigenvalue weighted by Crippen LogP contribution is -2.36. The molecule has 3 nitrogen and oxygen atoms in total. The maximum absolute atomic E-state index is 11.6. The molecule has 3 rings (SSSR count). The van der Waals surface area contributed by atoms with E-state index in [-0.39, 0.29) is 6.04 Å². The number of hydrogen-bond donors (Lipinski definition) is 1. The summed E-state index contributed by atoms with van der Waals surface area (Å²) >= 11 is 0. The average molecular weight is 250 g/mol. The van der Waals surface area contributed by atoms with Gasteiger partial charge in [0.1, 0.15) is 0 Å². The van der Waals surface area contributed by atoms with E-state index in [1.807, 2.05) is 60.7 Å². The second-order valence-corrected chi connectivity index (χ2v) is 4.50. The fourth-order valence-corrected chi connectivity index (χ4v) is 2.48. The Morgan fingerprint density at radius 2 is 1.68 bits per heavy atom. The zero-order valence-electron chi connectivity index (χ0n) is 10.4. The highest BCUT2D eigenvalue weighted by atomic mass is 16.2. The highest BCUT2D eigenvalue weighted by molar-refractivity contribution is 5.77. The van der Waals surface area contributed by atoms with Gasteiger partial charge in [-0.25, -0.2) is 4.79 Å². The van der Waals surface area contributed by atoms with Crippen LogP contribution in [0.3, 0.4) is 0 Å². The number of carbonyl (C=O) groups is 1. The molecule has 1 atom stereocenters. The highest BCUT2D eigenvalue weighted by Gasteiger charge is 2.27. The molecule has 0 fully saturated rings. The Balaban J connectivity index is 2.16. The first-order valence-electron chi connectivity index (χ1n) is 6.17. The normalized spacial score (nSPS) is 17.1. The van der Waals surface area contributed by atoms with Gasteiger partial charge in [-0.3, -0.25) is 4.90 Å². The maximum Gasteiger partial charge on any atom is 0.319 e. The number of rotatable bonds is 1. The highest BCUT2D eigenvalue weighted by Crippen LogP contribution is 2.34. The number of primary amides is 1. The molecule has 0 aliphatic carbocycles. The Bertz CT molecular complexity index is 634. The molecule has 2 amide bonds. The summed E-state index contributed by atoms with van der Waals surface area (Å²) in [7, 11) is 0. The second kappa shape index (κ2) is 4.61. The summed E-state index contributed by atoms with van der Waals surface area (Å²) in [6.07, 6.45) is 3.67. The molecular weight excluding hydrogens is 236 g/mol. The lowest BCUT2D eigenvalue weighted by molar-refractivity contribution is 0.216. The summed E-state index contributed by atoms with van der Waals surface area (Å²) in [5, 5.41) is 0. The number of hydrogen-bond acceptors (Lipinski definition) is 1. The van der Waals surface area contributed by atoms with Gasteiger partial charge in [-0.05, 0) is 22.8 Å². The van der Waals surface area contributed by atoms with Gasteiger partial charge in [-0.15, -0.1) is 0 Å². The minimum atomic E-state index is -0.445. The molecule has 1 heterocycles. The number of benzene rings is 2. The minimum Gasteiger partial charge on any atom is -0.351 e. The first kappa shape index (κ1) is 11.5. The summed E-state index contributed by atoms with van der Waals surface area (Å²) in [6.45, 7) is 0. The first-order chi connectivity index (χ1) is 9.27. The number of carbonyl (C=O) groups excluding carboxylic acids is 1. The Morgan fingerprint density at radius 3 is 2.42 bits per heavy atom. The molecule has 1 aliphatic heterocycles. The Hall–Kier alpha value is -2.55. The molecule has 2 aromatic rings. The number of amides is 2. The van der Waals surface area contributed by atoms with Crippen molar-refractivity contribution in [3.05, 3.63) is 77.5 Å². The van der Waals surface area contributed by atoms with Gasteiger partial charge in [0.05, 0.1) is 6.04 Å². The Labute approximate surface area is 112 Å². The molecule has 0 radical (unpaired) electrons. The predicted molar refractivity (Wildman–Crippen MR) is 75.2 cm³/mol. The summed E-state index contributed by atoms with van der Waals surface area (Å²) < 4.78 is 0. The molecule has 3 heteroatoms. The van der Waals surface area contributed by atoms with E-state index < -0.39 is 6.03 Å². The van der Waals surface area contributed by atoms with Crippen LogP contribution < -0.4 is 5.73 Å². The van der Waals surface area contributed by atoms with E-state index in [1.54, 1.807) is 11.1 Å². The van der Waals surface area contributed by atoms with E-state index in [9.17, 15) is 4.79 Å². The zero-order chi connectivity index (χ0) is 13.2. The molecule has 0 saturated carbocycles. The van der Waals surface area contributed by atoms with Gasteiger partial charge in [0.15, 0.2) is 0 Å². The molecule has 1 aliphatic rings. The van der Waals surface area contributed by atoms with E-state index in [2.05, 4.69) is 0 Å². The van der Waals surface area contributed by atoms with E-state index in [4.69, 9.17) is 5.73 Å². The van der Waals surface area contributed by atoms with Gasteiger partial charge in [0.25, 0.3) is 0 Å². The van der Waals surface area contributed by atoms with Gasteiger partial charge in [0, 0.05) is 6.20 Å². The third kappa shape index (κ3) is 1.99. The van der Waals surface area contributed by atoms with Crippen LogP contribution in [0.4, 0.5) is 4.79 Å². The quantitative estimate of drug-likeness (QED) is 0.830. The monoisotopic (exact) mass is 250 g/mol. The maximum atomic E-state index is 11.6. The number of urea groups is 1. The summed E-state index contributed by atoms with van der Waals surface area (Å²) in [5.74, 6) is 0. The van der Waals surface area contributed by atoms with Crippen LogP contribution in [0.25, 0.3) is 6.08 Å². The lowest BCUT2D eigenvalue weighted by atomic mass is 9.91. The molecular formula is C16H14N2O. The SMILES string of the molecule is NC(=O)N1C=Cc2ccccc2C1c1ccccc1. The van der Waals surface area contributed by atoms with Gasteiger partial charge >= 0.3 is 6.03 Å². The molecule has 2 aromatic carbocycles. The van der Waals surface area contributed by atoms with Gasteiger partial charge in [0.2, 0.25) is 0 Å². The molecule has 0 aromatic heterocycles. The van der Waals surface area contributed by atoms with Crippen molar-refractivity contribution in [2.75, 3.05) is 0 Å². The van der Waals surface area contributed by atoms with Crippen LogP contribution in [0.5, 0.6) is 0 Å². The second-order valence-electron chi connectivity index (χ2n) is 4.50. The van der Waals surface area contributed by atoms with Crippen molar-refractivity contribution in [1.82, 2.24) is 4.90 Å². The molecule has 0 spiro atoms.